The van der Waals surface area contributed by atoms with Crippen molar-refractivity contribution >= 4 is 39.4 Å². The molecule has 2 heteroatoms. The third-order valence-electron chi connectivity index (χ3n) is 4.14. The van der Waals surface area contributed by atoms with Gasteiger partial charge in [-0.05, 0) is 70.0 Å². The van der Waals surface area contributed by atoms with Gasteiger partial charge in [0.15, 0.2) is 0 Å². The summed E-state index contributed by atoms with van der Waals surface area (Å²) in [5.74, 6) is 0. The summed E-state index contributed by atoms with van der Waals surface area (Å²) in [6.45, 7) is 2.11. The van der Waals surface area contributed by atoms with Crippen LogP contribution in [0.4, 0.5) is 0 Å². The van der Waals surface area contributed by atoms with E-state index in [1.807, 2.05) is 66.7 Å². The lowest BCUT2D eigenvalue weighted by molar-refractivity contribution is 1.48. The summed E-state index contributed by atoms with van der Waals surface area (Å²) in [5.41, 5.74) is 5.95. The number of nitrogens with one attached hydrogen (secondary N) is 1. The van der Waals surface area contributed by atoms with Crippen molar-refractivity contribution < 1.29 is 0 Å². The van der Waals surface area contributed by atoms with Gasteiger partial charge >= 0.3 is 0 Å². The SMILES string of the molecule is C/C(=C\C(=C/C(=N)c1cccc(I)c1)c1ccccc1)c1ccccc1. The van der Waals surface area contributed by atoms with Crippen molar-refractivity contribution in [2.75, 3.05) is 0 Å². The average molecular weight is 449 g/mol. The largest absolute Gasteiger partial charge is 0.300 e. The molecule has 0 radical (unpaired) electrons. The molecule has 0 fully saturated rings. The zero-order chi connectivity index (χ0) is 18.4. The molecule has 3 rings (SSSR count). The quantitative estimate of drug-likeness (QED) is 0.250. The minimum absolute atomic E-state index is 0.513. The van der Waals surface area contributed by atoms with Gasteiger partial charge in [0.2, 0.25) is 0 Å². The van der Waals surface area contributed by atoms with Crippen LogP contribution in [0.15, 0.2) is 97.1 Å². The first kappa shape index (κ1) is 18.3. The smallest absolute Gasteiger partial charge is 0.0618 e. The fourth-order valence-corrected chi connectivity index (χ4v) is 3.29. The molecule has 0 saturated heterocycles. The van der Waals surface area contributed by atoms with Crippen LogP contribution in [0.1, 0.15) is 23.6 Å². The molecule has 0 unspecified atom stereocenters. The first-order valence-electron chi connectivity index (χ1n) is 8.49. The molecule has 0 aromatic heterocycles. The van der Waals surface area contributed by atoms with Crippen LogP contribution in [0.3, 0.4) is 0 Å². The third kappa shape index (κ3) is 4.79. The highest BCUT2D eigenvalue weighted by Gasteiger charge is 2.05. The van der Waals surface area contributed by atoms with Gasteiger partial charge in [0.1, 0.15) is 0 Å². The number of hydrogen-bond acceptors (Lipinski definition) is 1. The molecule has 0 bridgehead atoms. The van der Waals surface area contributed by atoms with Gasteiger partial charge in [-0.25, -0.2) is 0 Å². The van der Waals surface area contributed by atoms with Crippen LogP contribution in [-0.4, -0.2) is 5.71 Å². The van der Waals surface area contributed by atoms with E-state index in [4.69, 9.17) is 5.41 Å². The van der Waals surface area contributed by atoms with Crippen LogP contribution in [-0.2, 0) is 0 Å². The Balaban J connectivity index is 2.03. The highest BCUT2D eigenvalue weighted by Crippen LogP contribution is 2.23. The molecule has 0 aliphatic carbocycles. The predicted octanol–water partition coefficient (Wildman–Crippen LogP) is 6.85. The van der Waals surface area contributed by atoms with Gasteiger partial charge in [0.05, 0.1) is 5.71 Å². The molecule has 0 atom stereocenters. The van der Waals surface area contributed by atoms with Crippen molar-refractivity contribution in [1.82, 2.24) is 0 Å². The lowest BCUT2D eigenvalue weighted by Gasteiger charge is -2.08. The number of hydrogen-bond donors (Lipinski definition) is 1. The Morgan fingerprint density at radius 1 is 0.731 bits per heavy atom. The number of rotatable bonds is 5. The first-order valence-corrected chi connectivity index (χ1v) is 9.57. The van der Waals surface area contributed by atoms with Gasteiger partial charge in [0.25, 0.3) is 0 Å². The maximum absolute atomic E-state index is 8.55. The summed E-state index contributed by atoms with van der Waals surface area (Å²) < 4.78 is 1.13. The van der Waals surface area contributed by atoms with Crippen molar-refractivity contribution in [1.29, 1.82) is 5.41 Å². The Labute approximate surface area is 168 Å². The fraction of sp³-hybridized carbons (Fsp3) is 0.0417. The van der Waals surface area contributed by atoms with Gasteiger partial charge < -0.3 is 5.41 Å². The van der Waals surface area contributed by atoms with Gasteiger partial charge in [-0.3, -0.25) is 0 Å². The van der Waals surface area contributed by atoms with Crippen LogP contribution in [0.5, 0.6) is 0 Å². The Morgan fingerprint density at radius 3 is 1.92 bits per heavy atom. The fourth-order valence-electron chi connectivity index (χ4n) is 2.75. The standard InChI is InChI=1S/C24H20IN/c1-18(19-9-4-2-5-10-19)15-22(20-11-6-3-7-12-20)17-24(26)21-13-8-14-23(25)16-21/h2-17,26H,1H3/b18-15+,22-17+,26-24?. The number of halogens is 1. The lowest BCUT2D eigenvalue weighted by atomic mass is 9.97. The van der Waals surface area contributed by atoms with Crippen molar-refractivity contribution in [3.63, 3.8) is 0 Å². The molecule has 0 spiro atoms. The monoisotopic (exact) mass is 449 g/mol. The predicted molar refractivity (Wildman–Crippen MR) is 120 cm³/mol. The maximum atomic E-state index is 8.55. The van der Waals surface area contributed by atoms with E-state index in [9.17, 15) is 0 Å². The Morgan fingerprint density at radius 2 is 1.31 bits per heavy atom. The summed E-state index contributed by atoms with van der Waals surface area (Å²) in [7, 11) is 0. The number of benzene rings is 3. The van der Waals surface area contributed by atoms with E-state index in [2.05, 4.69) is 59.9 Å². The highest BCUT2D eigenvalue weighted by molar-refractivity contribution is 14.1. The average Bonchev–Trinajstić information content (AvgIpc) is 2.68. The van der Waals surface area contributed by atoms with E-state index in [-0.39, 0.29) is 0 Å². The van der Waals surface area contributed by atoms with Crippen LogP contribution < -0.4 is 0 Å². The summed E-state index contributed by atoms with van der Waals surface area (Å²) in [6, 6.07) is 28.6. The summed E-state index contributed by atoms with van der Waals surface area (Å²) in [4.78, 5) is 0. The topological polar surface area (TPSA) is 23.9 Å². The molecular weight excluding hydrogens is 429 g/mol. The van der Waals surface area contributed by atoms with Crippen LogP contribution >= 0.6 is 22.6 Å². The normalized spacial score (nSPS) is 12.1. The first-order chi connectivity index (χ1) is 12.6. The minimum atomic E-state index is 0.513. The van der Waals surface area contributed by atoms with E-state index in [1.165, 1.54) is 11.1 Å². The highest BCUT2D eigenvalue weighted by atomic mass is 127. The minimum Gasteiger partial charge on any atom is -0.300 e. The van der Waals surface area contributed by atoms with E-state index in [1.54, 1.807) is 0 Å². The van der Waals surface area contributed by atoms with Gasteiger partial charge in [-0.2, -0.15) is 0 Å². The molecule has 26 heavy (non-hydrogen) atoms. The third-order valence-corrected chi connectivity index (χ3v) is 4.81. The Kier molecular flexibility index (Phi) is 6.18. The van der Waals surface area contributed by atoms with Crippen molar-refractivity contribution in [2.24, 2.45) is 0 Å². The molecule has 0 amide bonds. The van der Waals surface area contributed by atoms with E-state index >= 15 is 0 Å². The van der Waals surface area contributed by atoms with Crippen LogP contribution in [0.2, 0.25) is 0 Å². The van der Waals surface area contributed by atoms with Crippen molar-refractivity contribution in [3.8, 4) is 0 Å². The van der Waals surface area contributed by atoms with Crippen LogP contribution in [0, 0.1) is 8.98 Å². The molecule has 1 nitrogen and oxygen atoms in total. The maximum Gasteiger partial charge on any atom is 0.0618 e. The zero-order valence-corrected chi connectivity index (χ0v) is 16.8. The summed E-state index contributed by atoms with van der Waals surface area (Å²) >= 11 is 2.28. The molecule has 0 heterocycles. The van der Waals surface area contributed by atoms with Crippen molar-refractivity contribution in [3.05, 3.63) is 117 Å². The zero-order valence-electron chi connectivity index (χ0n) is 14.6. The molecule has 3 aromatic carbocycles. The van der Waals surface area contributed by atoms with E-state index in [0.717, 1.165) is 20.3 Å². The summed E-state index contributed by atoms with van der Waals surface area (Å²) in [5, 5.41) is 8.55. The van der Waals surface area contributed by atoms with E-state index < -0.39 is 0 Å². The molecular formula is C24H20IN. The van der Waals surface area contributed by atoms with Crippen LogP contribution in [0.25, 0.3) is 11.1 Å². The summed E-state index contributed by atoms with van der Waals surface area (Å²) in [6.07, 6.45) is 4.11. The van der Waals surface area contributed by atoms with Crippen molar-refractivity contribution in [2.45, 2.75) is 6.92 Å². The molecule has 0 aliphatic heterocycles. The molecule has 0 aliphatic rings. The molecule has 3 aromatic rings. The molecule has 1 N–H and O–H groups in total. The van der Waals surface area contributed by atoms with Gasteiger partial charge in [-0.15, -0.1) is 0 Å². The second-order valence-corrected chi connectivity index (χ2v) is 7.33. The molecule has 0 saturated carbocycles. The number of allylic oxidation sites excluding steroid dienone is 4. The Hall–Kier alpha value is -2.46. The van der Waals surface area contributed by atoms with Gasteiger partial charge in [-0.1, -0.05) is 78.9 Å². The second kappa shape index (κ2) is 8.77. The second-order valence-electron chi connectivity index (χ2n) is 6.08. The van der Waals surface area contributed by atoms with E-state index in [0.29, 0.717) is 5.71 Å². The molecule has 128 valence electrons. The van der Waals surface area contributed by atoms with Gasteiger partial charge in [0, 0.05) is 9.13 Å². The Bertz CT molecular complexity index is 954. The lowest BCUT2D eigenvalue weighted by Crippen LogP contribution is -1.97.